The Morgan fingerprint density at radius 1 is 1.00 bits per heavy atom. The van der Waals surface area contributed by atoms with E-state index in [0.717, 1.165) is 11.1 Å². The topological polar surface area (TPSA) is 50.5 Å². The predicted octanol–water partition coefficient (Wildman–Crippen LogP) is 3.92. The van der Waals surface area contributed by atoms with Gasteiger partial charge in [0.25, 0.3) is 0 Å². The van der Waals surface area contributed by atoms with Crippen LogP contribution in [0.5, 0.6) is 0 Å². The summed E-state index contributed by atoms with van der Waals surface area (Å²) >= 11 is 1.65. The number of hydrogen-bond acceptors (Lipinski definition) is 4. The zero-order valence-electron chi connectivity index (χ0n) is 13.2. The minimum Gasteiger partial charge on any atom is -0.472 e. The summed E-state index contributed by atoms with van der Waals surface area (Å²) < 4.78 is 32.4. The lowest BCUT2D eigenvalue weighted by atomic mass is 10.2. The molecule has 2 heterocycles. The van der Waals surface area contributed by atoms with Gasteiger partial charge in [0.15, 0.2) is 0 Å². The van der Waals surface area contributed by atoms with E-state index in [1.807, 2.05) is 47.8 Å². The highest BCUT2D eigenvalue weighted by Gasteiger charge is 2.23. The molecule has 1 aromatic carbocycles. The lowest BCUT2D eigenvalue weighted by Crippen LogP contribution is -2.33. The van der Waals surface area contributed by atoms with Gasteiger partial charge in [-0.3, -0.25) is 0 Å². The number of rotatable bonds is 8. The molecular formula is C18H19NO3S2. The monoisotopic (exact) mass is 361 g/mol. The maximum atomic E-state index is 12.9. The molecule has 3 aromatic rings. The Bertz CT molecular complexity index is 826. The second-order valence-corrected chi connectivity index (χ2v) is 8.54. The molecule has 0 spiro atoms. The third kappa shape index (κ3) is 4.56. The van der Waals surface area contributed by atoms with Crippen LogP contribution in [0, 0.1) is 0 Å². The standard InChI is InChI=1S/C18H19NO3S2/c20-24(21,15-16-5-2-1-3-6-16)19(13-17-9-11-22-14-17)10-8-18-7-4-12-23-18/h1-7,9,11-12,14H,8,10,13,15H2. The van der Waals surface area contributed by atoms with Gasteiger partial charge in [-0.05, 0) is 29.5 Å². The summed E-state index contributed by atoms with van der Waals surface area (Å²) in [4.78, 5) is 1.18. The van der Waals surface area contributed by atoms with Crippen LogP contribution in [0.3, 0.4) is 0 Å². The highest BCUT2D eigenvalue weighted by molar-refractivity contribution is 7.88. The average Bonchev–Trinajstić information content (AvgIpc) is 3.25. The van der Waals surface area contributed by atoms with Gasteiger partial charge in [-0.25, -0.2) is 8.42 Å². The molecule has 0 saturated heterocycles. The van der Waals surface area contributed by atoms with E-state index >= 15 is 0 Å². The van der Waals surface area contributed by atoms with Crippen molar-refractivity contribution in [2.24, 2.45) is 0 Å². The molecule has 3 rings (SSSR count). The van der Waals surface area contributed by atoms with Crippen molar-refractivity contribution in [1.82, 2.24) is 4.31 Å². The minimum absolute atomic E-state index is 0.0101. The van der Waals surface area contributed by atoms with Crippen molar-refractivity contribution in [1.29, 1.82) is 0 Å². The molecule has 0 saturated carbocycles. The number of nitrogens with zero attached hydrogens (tertiary/aromatic N) is 1. The van der Waals surface area contributed by atoms with Crippen molar-refractivity contribution in [2.45, 2.75) is 18.7 Å². The molecule has 0 unspecified atom stereocenters. The highest BCUT2D eigenvalue weighted by atomic mass is 32.2. The Morgan fingerprint density at radius 2 is 1.83 bits per heavy atom. The molecule has 126 valence electrons. The molecule has 0 aliphatic heterocycles. The van der Waals surface area contributed by atoms with Gasteiger partial charge in [0, 0.05) is 23.5 Å². The van der Waals surface area contributed by atoms with Crippen LogP contribution in [-0.4, -0.2) is 19.3 Å². The molecule has 0 atom stereocenters. The first kappa shape index (κ1) is 17.0. The molecule has 0 bridgehead atoms. The first-order valence-electron chi connectivity index (χ1n) is 7.69. The van der Waals surface area contributed by atoms with Crippen molar-refractivity contribution in [3.63, 3.8) is 0 Å². The lowest BCUT2D eigenvalue weighted by molar-refractivity contribution is 0.407. The van der Waals surface area contributed by atoms with Gasteiger partial charge in [-0.1, -0.05) is 36.4 Å². The number of furan rings is 1. The smallest absolute Gasteiger partial charge is 0.218 e. The van der Waals surface area contributed by atoms with Gasteiger partial charge in [-0.15, -0.1) is 11.3 Å². The van der Waals surface area contributed by atoms with Gasteiger partial charge < -0.3 is 4.42 Å². The van der Waals surface area contributed by atoms with Crippen LogP contribution in [0.2, 0.25) is 0 Å². The maximum Gasteiger partial charge on any atom is 0.218 e. The summed E-state index contributed by atoms with van der Waals surface area (Å²) in [5.41, 5.74) is 1.66. The Balaban J connectivity index is 1.76. The number of hydrogen-bond donors (Lipinski definition) is 0. The van der Waals surface area contributed by atoms with Crippen molar-refractivity contribution in [3.05, 3.63) is 82.4 Å². The fourth-order valence-corrected chi connectivity index (χ4v) is 4.68. The number of thiophene rings is 1. The van der Waals surface area contributed by atoms with Crippen molar-refractivity contribution in [2.75, 3.05) is 6.54 Å². The summed E-state index contributed by atoms with van der Waals surface area (Å²) in [6, 6.07) is 15.1. The molecule has 0 fully saturated rings. The van der Waals surface area contributed by atoms with Crippen molar-refractivity contribution in [3.8, 4) is 0 Å². The predicted molar refractivity (Wildman–Crippen MR) is 96.2 cm³/mol. The quantitative estimate of drug-likeness (QED) is 0.611. The molecule has 0 N–H and O–H groups in total. The van der Waals surface area contributed by atoms with Gasteiger partial charge in [0.2, 0.25) is 10.0 Å². The fraction of sp³-hybridized carbons (Fsp3) is 0.222. The van der Waals surface area contributed by atoms with E-state index in [4.69, 9.17) is 4.42 Å². The van der Waals surface area contributed by atoms with Gasteiger partial charge in [0.05, 0.1) is 18.3 Å². The van der Waals surface area contributed by atoms with E-state index in [1.165, 1.54) is 4.88 Å². The Hall–Kier alpha value is -1.89. The highest BCUT2D eigenvalue weighted by Crippen LogP contribution is 2.17. The Morgan fingerprint density at radius 3 is 2.50 bits per heavy atom. The molecule has 0 amide bonds. The van der Waals surface area contributed by atoms with E-state index in [1.54, 1.807) is 34.2 Å². The van der Waals surface area contributed by atoms with Crippen LogP contribution in [0.1, 0.15) is 16.0 Å². The molecule has 0 aliphatic carbocycles. The average molecular weight is 361 g/mol. The molecule has 2 aromatic heterocycles. The van der Waals surface area contributed by atoms with Gasteiger partial charge in [-0.2, -0.15) is 4.31 Å². The van der Waals surface area contributed by atoms with Crippen LogP contribution >= 0.6 is 11.3 Å². The summed E-state index contributed by atoms with van der Waals surface area (Å²) in [7, 11) is -3.41. The third-order valence-corrected chi connectivity index (χ3v) is 6.44. The summed E-state index contributed by atoms with van der Waals surface area (Å²) in [5, 5.41) is 2.01. The van der Waals surface area contributed by atoms with Crippen molar-refractivity contribution >= 4 is 21.4 Å². The van der Waals surface area contributed by atoms with Crippen LogP contribution in [0.4, 0.5) is 0 Å². The fourth-order valence-electron chi connectivity index (χ4n) is 2.47. The second-order valence-electron chi connectivity index (χ2n) is 5.54. The first-order chi connectivity index (χ1) is 11.6. The van der Waals surface area contributed by atoms with E-state index in [0.29, 0.717) is 19.5 Å². The van der Waals surface area contributed by atoms with Gasteiger partial charge >= 0.3 is 0 Å². The molecule has 6 heteroatoms. The minimum atomic E-state index is -3.41. The van der Waals surface area contributed by atoms with E-state index in [-0.39, 0.29) is 5.75 Å². The van der Waals surface area contributed by atoms with E-state index in [2.05, 4.69) is 0 Å². The van der Waals surface area contributed by atoms with E-state index < -0.39 is 10.0 Å². The lowest BCUT2D eigenvalue weighted by Gasteiger charge is -2.21. The Kier molecular flexibility index (Phi) is 5.50. The van der Waals surface area contributed by atoms with Crippen molar-refractivity contribution < 1.29 is 12.8 Å². The number of sulfonamides is 1. The van der Waals surface area contributed by atoms with Gasteiger partial charge in [0.1, 0.15) is 0 Å². The molecule has 4 nitrogen and oxygen atoms in total. The molecule has 0 radical (unpaired) electrons. The van der Waals surface area contributed by atoms with Crippen LogP contribution in [-0.2, 0) is 28.7 Å². The van der Waals surface area contributed by atoms with E-state index in [9.17, 15) is 8.42 Å². The summed E-state index contributed by atoms with van der Waals surface area (Å²) in [6.45, 7) is 0.790. The summed E-state index contributed by atoms with van der Waals surface area (Å²) in [5.74, 6) is 0.0101. The SMILES string of the molecule is O=S(=O)(Cc1ccccc1)N(CCc1cccs1)Cc1ccoc1. The maximum absolute atomic E-state index is 12.9. The first-order valence-corrected chi connectivity index (χ1v) is 10.2. The zero-order chi connectivity index (χ0) is 16.8. The van der Waals surface area contributed by atoms with Crippen LogP contribution in [0.15, 0.2) is 70.9 Å². The number of benzene rings is 1. The second kappa shape index (κ2) is 7.79. The normalized spacial score (nSPS) is 11.9. The van der Waals surface area contributed by atoms with Crippen LogP contribution < -0.4 is 0 Å². The largest absolute Gasteiger partial charge is 0.472 e. The molecule has 24 heavy (non-hydrogen) atoms. The molecular weight excluding hydrogens is 342 g/mol. The van der Waals surface area contributed by atoms with Crippen LogP contribution in [0.25, 0.3) is 0 Å². The summed E-state index contributed by atoms with van der Waals surface area (Å²) in [6.07, 6.45) is 3.87. The third-order valence-electron chi connectivity index (χ3n) is 3.71. The Labute approximate surface area is 146 Å². The zero-order valence-corrected chi connectivity index (χ0v) is 14.8. The molecule has 0 aliphatic rings.